The lowest BCUT2D eigenvalue weighted by molar-refractivity contribution is 0.367. The highest BCUT2D eigenvalue weighted by Crippen LogP contribution is 2.18. The highest BCUT2D eigenvalue weighted by atomic mass is 15.2. The molecule has 1 aliphatic rings. The third-order valence-corrected chi connectivity index (χ3v) is 2.02. The summed E-state index contributed by atoms with van der Waals surface area (Å²) < 4.78 is 0. The Morgan fingerprint density at radius 3 is 2.91 bits per heavy atom. The lowest BCUT2D eigenvalue weighted by Crippen LogP contribution is -2.35. The molecule has 1 atom stereocenters. The van der Waals surface area contributed by atoms with Crippen molar-refractivity contribution in [2.45, 2.75) is 25.8 Å². The van der Waals surface area contributed by atoms with E-state index in [1.54, 1.807) is 0 Å². The van der Waals surface area contributed by atoms with Crippen molar-refractivity contribution in [2.75, 3.05) is 6.54 Å². The zero-order valence-corrected chi connectivity index (χ0v) is 6.59. The van der Waals surface area contributed by atoms with Crippen LogP contribution < -0.4 is 5.32 Å². The predicted octanol–water partition coefficient (Wildman–Crippen LogP) is 0.401. The van der Waals surface area contributed by atoms with E-state index < -0.39 is 0 Å². The smallest absolute Gasteiger partial charge is 0.167 e. The van der Waals surface area contributed by atoms with Gasteiger partial charge in [0, 0.05) is 6.42 Å². The van der Waals surface area contributed by atoms with Crippen LogP contribution in [0.15, 0.2) is 0 Å². The molecule has 0 aliphatic carbocycles. The number of H-pyrrole nitrogens is 1. The number of nitrogens with zero attached hydrogens (tertiary/aromatic N) is 2. The van der Waals surface area contributed by atoms with E-state index in [-0.39, 0.29) is 0 Å². The lowest BCUT2D eigenvalue weighted by atomic mass is 10.1. The predicted molar refractivity (Wildman–Crippen MR) is 41.1 cm³/mol. The maximum atomic E-state index is 4.32. The minimum Gasteiger partial charge on any atom is -0.307 e. The van der Waals surface area contributed by atoms with Gasteiger partial charge in [-0.3, -0.25) is 5.10 Å². The van der Waals surface area contributed by atoms with Crippen LogP contribution in [0.4, 0.5) is 0 Å². The monoisotopic (exact) mass is 152 g/mol. The molecule has 2 N–H and O–H groups in total. The number of aromatic nitrogens is 3. The third kappa shape index (κ3) is 1.14. The molecule has 1 aromatic rings. The fraction of sp³-hybridized carbons (Fsp3) is 0.714. The lowest BCUT2D eigenvalue weighted by Gasteiger charge is -2.24. The molecule has 0 amide bonds. The molecule has 11 heavy (non-hydrogen) atoms. The zero-order chi connectivity index (χ0) is 7.68. The van der Waals surface area contributed by atoms with Crippen LogP contribution in [0, 0.1) is 0 Å². The molecule has 0 saturated carbocycles. The van der Waals surface area contributed by atoms with Gasteiger partial charge in [-0.25, -0.2) is 4.98 Å². The Hall–Kier alpha value is -0.900. The summed E-state index contributed by atoms with van der Waals surface area (Å²) >= 11 is 0. The molecule has 2 rings (SSSR count). The van der Waals surface area contributed by atoms with Gasteiger partial charge in [0.25, 0.3) is 0 Å². The van der Waals surface area contributed by atoms with E-state index in [9.17, 15) is 0 Å². The first-order chi connectivity index (χ1) is 5.40. The number of aryl methyl sites for hydroxylation is 1. The van der Waals surface area contributed by atoms with E-state index in [4.69, 9.17) is 0 Å². The number of hydrogen-bond donors (Lipinski definition) is 2. The molecule has 4 heteroatoms. The molecular weight excluding hydrogens is 140 g/mol. The van der Waals surface area contributed by atoms with Gasteiger partial charge in [-0.2, -0.15) is 5.10 Å². The number of hydrogen-bond acceptors (Lipinski definition) is 3. The summed E-state index contributed by atoms with van der Waals surface area (Å²) in [6.07, 6.45) is 2.10. The van der Waals surface area contributed by atoms with Gasteiger partial charge in [-0.05, 0) is 13.0 Å². The van der Waals surface area contributed by atoms with Crippen molar-refractivity contribution < 1.29 is 0 Å². The van der Waals surface area contributed by atoms with Crippen LogP contribution in [0.2, 0.25) is 0 Å². The first kappa shape index (κ1) is 6.79. The third-order valence-electron chi connectivity index (χ3n) is 2.02. The van der Waals surface area contributed by atoms with Crippen molar-refractivity contribution in [3.05, 3.63) is 11.6 Å². The molecule has 0 aromatic carbocycles. The Balaban J connectivity index is 2.11. The Labute approximate surface area is 65.4 Å². The van der Waals surface area contributed by atoms with E-state index >= 15 is 0 Å². The second-order valence-electron chi connectivity index (χ2n) is 2.79. The van der Waals surface area contributed by atoms with Gasteiger partial charge in [0.2, 0.25) is 0 Å². The molecule has 0 bridgehead atoms. The molecule has 1 saturated heterocycles. The Morgan fingerprint density at radius 1 is 1.64 bits per heavy atom. The topological polar surface area (TPSA) is 53.6 Å². The highest BCUT2D eigenvalue weighted by Gasteiger charge is 2.22. The number of nitrogens with one attached hydrogen (secondary N) is 2. The largest absolute Gasteiger partial charge is 0.307 e. The van der Waals surface area contributed by atoms with Gasteiger partial charge < -0.3 is 5.32 Å². The standard InChI is InChI=1S/C7H12N4/c1-2-6-9-7(11-10-6)5-3-4-8-5/h5,8H,2-4H2,1H3,(H,9,10,11). The molecule has 4 nitrogen and oxygen atoms in total. The van der Waals surface area contributed by atoms with Gasteiger partial charge in [0.1, 0.15) is 5.82 Å². The molecule has 1 unspecified atom stereocenters. The van der Waals surface area contributed by atoms with Crippen LogP contribution in [0.3, 0.4) is 0 Å². The highest BCUT2D eigenvalue weighted by molar-refractivity contribution is 5.00. The first-order valence-corrected chi connectivity index (χ1v) is 4.04. The fourth-order valence-electron chi connectivity index (χ4n) is 1.13. The molecule has 1 aromatic heterocycles. The first-order valence-electron chi connectivity index (χ1n) is 4.04. The van der Waals surface area contributed by atoms with Crippen LogP contribution >= 0.6 is 0 Å². The van der Waals surface area contributed by atoms with Crippen molar-refractivity contribution in [3.63, 3.8) is 0 Å². The zero-order valence-electron chi connectivity index (χ0n) is 6.59. The van der Waals surface area contributed by atoms with Crippen molar-refractivity contribution in [3.8, 4) is 0 Å². The summed E-state index contributed by atoms with van der Waals surface area (Å²) in [5.74, 6) is 1.90. The summed E-state index contributed by atoms with van der Waals surface area (Å²) in [7, 11) is 0. The number of rotatable bonds is 2. The molecule has 1 fully saturated rings. The average Bonchev–Trinajstić information content (AvgIpc) is 2.32. The molecule has 1 aliphatic heterocycles. The van der Waals surface area contributed by atoms with Crippen LogP contribution in [0.1, 0.15) is 31.0 Å². The van der Waals surface area contributed by atoms with Gasteiger partial charge in [-0.15, -0.1) is 0 Å². The van der Waals surface area contributed by atoms with Crippen molar-refractivity contribution in [2.24, 2.45) is 0 Å². The summed E-state index contributed by atoms with van der Waals surface area (Å²) in [6, 6.07) is 0.409. The number of aromatic amines is 1. The summed E-state index contributed by atoms with van der Waals surface area (Å²) in [5.41, 5.74) is 0. The van der Waals surface area contributed by atoms with Gasteiger partial charge in [0.05, 0.1) is 6.04 Å². The normalized spacial score (nSPS) is 23.2. The van der Waals surface area contributed by atoms with Gasteiger partial charge in [0.15, 0.2) is 5.82 Å². The summed E-state index contributed by atoms with van der Waals surface area (Å²) in [6.45, 7) is 3.17. The van der Waals surface area contributed by atoms with Crippen LogP contribution in [-0.4, -0.2) is 21.7 Å². The molecule has 60 valence electrons. The average molecular weight is 152 g/mol. The van der Waals surface area contributed by atoms with Crippen LogP contribution in [0.5, 0.6) is 0 Å². The van der Waals surface area contributed by atoms with E-state index in [0.717, 1.165) is 24.6 Å². The van der Waals surface area contributed by atoms with E-state index in [0.29, 0.717) is 6.04 Å². The van der Waals surface area contributed by atoms with Crippen LogP contribution in [0.25, 0.3) is 0 Å². The molecular formula is C7H12N4. The second kappa shape index (κ2) is 2.62. The van der Waals surface area contributed by atoms with Crippen molar-refractivity contribution >= 4 is 0 Å². The Morgan fingerprint density at radius 2 is 2.45 bits per heavy atom. The van der Waals surface area contributed by atoms with E-state index in [2.05, 4.69) is 27.4 Å². The maximum absolute atomic E-state index is 4.32. The maximum Gasteiger partial charge on any atom is 0.167 e. The van der Waals surface area contributed by atoms with Gasteiger partial charge in [-0.1, -0.05) is 6.92 Å². The Kier molecular flexibility index (Phi) is 1.62. The van der Waals surface area contributed by atoms with Crippen molar-refractivity contribution in [1.82, 2.24) is 20.5 Å². The molecule has 2 heterocycles. The molecule has 0 spiro atoms. The van der Waals surface area contributed by atoms with E-state index in [1.807, 2.05) is 0 Å². The summed E-state index contributed by atoms with van der Waals surface area (Å²) in [4.78, 5) is 4.32. The van der Waals surface area contributed by atoms with Crippen LogP contribution in [-0.2, 0) is 6.42 Å². The minimum absolute atomic E-state index is 0.409. The SMILES string of the molecule is CCc1nc(C2CCN2)n[nH]1. The summed E-state index contributed by atoms with van der Waals surface area (Å²) in [5, 5.41) is 10.3. The minimum atomic E-state index is 0.409. The second-order valence-corrected chi connectivity index (χ2v) is 2.79. The van der Waals surface area contributed by atoms with Crippen molar-refractivity contribution in [1.29, 1.82) is 0 Å². The van der Waals surface area contributed by atoms with Gasteiger partial charge >= 0.3 is 0 Å². The Bertz CT molecular complexity index is 238. The van der Waals surface area contributed by atoms with E-state index in [1.165, 1.54) is 6.42 Å². The quantitative estimate of drug-likeness (QED) is 0.645. The molecule has 0 radical (unpaired) electrons. The fourth-order valence-corrected chi connectivity index (χ4v) is 1.13.